The van der Waals surface area contributed by atoms with Crippen molar-refractivity contribution in [3.8, 4) is 11.5 Å². The van der Waals surface area contributed by atoms with Gasteiger partial charge in [0, 0.05) is 6.42 Å². The highest BCUT2D eigenvalue weighted by atomic mass is 79.9. The highest BCUT2D eigenvalue weighted by Gasteiger charge is 2.12. The fraction of sp³-hybridized carbons (Fsp3) is 0.263. The van der Waals surface area contributed by atoms with E-state index in [1.807, 2.05) is 24.3 Å². The van der Waals surface area contributed by atoms with Crippen LogP contribution in [0.1, 0.15) is 27.1 Å². The summed E-state index contributed by atoms with van der Waals surface area (Å²) in [5, 5.41) is 0.518. The summed E-state index contributed by atoms with van der Waals surface area (Å²) in [7, 11) is 0. The molecule has 2 rings (SSSR count). The van der Waals surface area contributed by atoms with E-state index >= 15 is 0 Å². The van der Waals surface area contributed by atoms with Crippen LogP contribution in [0.2, 0.25) is 0 Å². The first-order valence-corrected chi connectivity index (χ1v) is 10.0. The standard InChI is InChI=1S/C19H18Br2O4/c20-12-16(22)14-6-1-3-8-18(14)24-10-5-11-25-19-9-4-2-7-15(19)17(23)13-21/h1-4,6-9H,5,10-13H2. The molecule has 2 aromatic carbocycles. The molecule has 0 heterocycles. The van der Waals surface area contributed by atoms with E-state index < -0.39 is 0 Å². The van der Waals surface area contributed by atoms with Gasteiger partial charge in [0.1, 0.15) is 11.5 Å². The van der Waals surface area contributed by atoms with Crippen molar-refractivity contribution in [2.75, 3.05) is 23.9 Å². The zero-order valence-electron chi connectivity index (χ0n) is 13.5. The van der Waals surface area contributed by atoms with Gasteiger partial charge >= 0.3 is 0 Å². The van der Waals surface area contributed by atoms with Crippen LogP contribution in [0, 0.1) is 0 Å². The lowest BCUT2D eigenvalue weighted by Crippen LogP contribution is -2.10. The zero-order chi connectivity index (χ0) is 18.1. The predicted molar refractivity (Wildman–Crippen MR) is 105 cm³/mol. The molecular weight excluding hydrogens is 452 g/mol. The van der Waals surface area contributed by atoms with Crippen molar-refractivity contribution < 1.29 is 19.1 Å². The number of rotatable bonds is 10. The van der Waals surface area contributed by atoms with Crippen molar-refractivity contribution >= 4 is 43.4 Å². The Balaban J connectivity index is 1.85. The average molecular weight is 470 g/mol. The van der Waals surface area contributed by atoms with Gasteiger partial charge in [-0.3, -0.25) is 9.59 Å². The van der Waals surface area contributed by atoms with E-state index in [1.165, 1.54) is 0 Å². The molecule has 0 aliphatic rings. The summed E-state index contributed by atoms with van der Waals surface area (Å²) in [6.07, 6.45) is 0.633. The van der Waals surface area contributed by atoms with Gasteiger partial charge in [0.15, 0.2) is 11.6 Å². The van der Waals surface area contributed by atoms with Crippen LogP contribution in [0.3, 0.4) is 0 Å². The number of hydrogen-bond acceptors (Lipinski definition) is 4. The maximum Gasteiger partial charge on any atom is 0.177 e. The van der Waals surface area contributed by atoms with E-state index in [2.05, 4.69) is 31.9 Å². The topological polar surface area (TPSA) is 52.6 Å². The molecule has 0 N–H and O–H groups in total. The molecule has 0 amide bonds. The molecule has 0 unspecified atom stereocenters. The van der Waals surface area contributed by atoms with E-state index in [4.69, 9.17) is 9.47 Å². The van der Waals surface area contributed by atoms with Gasteiger partial charge in [-0.15, -0.1) is 0 Å². The minimum Gasteiger partial charge on any atom is -0.493 e. The monoisotopic (exact) mass is 468 g/mol. The molecule has 0 saturated heterocycles. The first kappa shape index (κ1) is 19.7. The molecule has 2 aromatic rings. The van der Waals surface area contributed by atoms with Crippen LogP contribution in [0.15, 0.2) is 48.5 Å². The number of Topliss-reactive ketones (excluding diaryl/α,β-unsaturated/α-hetero) is 2. The second kappa shape index (κ2) is 10.4. The van der Waals surface area contributed by atoms with Gasteiger partial charge in [-0.2, -0.15) is 0 Å². The minimum atomic E-state index is -0.0194. The Hall–Kier alpha value is -1.66. The van der Waals surface area contributed by atoms with E-state index in [0.29, 0.717) is 42.3 Å². The van der Waals surface area contributed by atoms with Crippen LogP contribution in [0.4, 0.5) is 0 Å². The summed E-state index contributed by atoms with van der Waals surface area (Å²) in [6, 6.07) is 14.3. The molecule has 0 aliphatic heterocycles. The van der Waals surface area contributed by atoms with Crippen molar-refractivity contribution in [2.45, 2.75) is 6.42 Å². The average Bonchev–Trinajstić information content (AvgIpc) is 2.67. The van der Waals surface area contributed by atoms with Crippen molar-refractivity contribution in [1.82, 2.24) is 0 Å². The molecule has 0 aliphatic carbocycles. The van der Waals surface area contributed by atoms with Crippen molar-refractivity contribution in [3.05, 3.63) is 59.7 Å². The second-order valence-corrected chi connectivity index (χ2v) is 6.28. The number of benzene rings is 2. The summed E-state index contributed by atoms with van der Waals surface area (Å²) in [4.78, 5) is 23.7. The molecule has 4 nitrogen and oxygen atoms in total. The Morgan fingerprint density at radius 2 is 1.12 bits per heavy atom. The molecule has 25 heavy (non-hydrogen) atoms. The normalized spacial score (nSPS) is 10.3. The fourth-order valence-corrected chi connectivity index (χ4v) is 2.82. The summed E-state index contributed by atoms with van der Waals surface area (Å²) in [5.41, 5.74) is 1.13. The molecule has 0 atom stereocenters. The lowest BCUT2D eigenvalue weighted by Gasteiger charge is -2.12. The lowest BCUT2D eigenvalue weighted by molar-refractivity contribution is 0.101. The molecule has 0 fully saturated rings. The summed E-state index contributed by atoms with van der Waals surface area (Å²) < 4.78 is 11.4. The number of hydrogen-bond donors (Lipinski definition) is 0. The van der Waals surface area contributed by atoms with Gasteiger partial charge in [0.05, 0.1) is 35.0 Å². The number of ketones is 2. The number of alkyl halides is 2. The first-order valence-electron chi connectivity index (χ1n) is 7.79. The zero-order valence-corrected chi connectivity index (χ0v) is 16.7. The Kier molecular flexibility index (Phi) is 8.15. The van der Waals surface area contributed by atoms with E-state index in [0.717, 1.165) is 0 Å². The number of carbonyl (C=O) groups is 2. The van der Waals surface area contributed by atoms with Gasteiger partial charge in [-0.1, -0.05) is 56.1 Å². The predicted octanol–water partition coefficient (Wildman–Crippen LogP) is 4.69. The van der Waals surface area contributed by atoms with Crippen LogP contribution in [0.5, 0.6) is 11.5 Å². The Morgan fingerprint density at radius 1 is 0.720 bits per heavy atom. The largest absolute Gasteiger partial charge is 0.493 e. The third-order valence-electron chi connectivity index (χ3n) is 3.42. The third-order valence-corrected chi connectivity index (χ3v) is 4.44. The smallest absolute Gasteiger partial charge is 0.177 e. The number of carbonyl (C=O) groups excluding carboxylic acids is 2. The fourth-order valence-electron chi connectivity index (χ4n) is 2.21. The van der Waals surface area contributed by atoms with Gasteiger partial charge in [0.2, 0.25) is 0 Å². The molecule has 0 radical (unpaired) electrons. The molecule has 0 saturated carbocycles. The molecular formula is C19H18Br2O4. The van der Waals surface area contributed by atoms with E-state index in [1.54, 1.807) is 24.3 Å². The van der Waals surface area contributed by atoms with Gasteiger partial charge in [-0.25, -0.2) is 0 Å². The molecule has 0 spiro atoms. The van der Waals surface area contributed by atoms with Crippen molar-refractivity contribution in [2.24, 2.45) is 0 Å². The molecule has 132 valence electrons. The lowest BCUT2D eigenvalue weighted by atomic mass is 10.1. The third kappa shape index (κ3) is 5.68. The van der Waals surface area contributed by atoms with Gasteiger partial charge < -0.3 is 9.47 Å². The summed E-state index contributed by atoms with van der Waals surface area (Å²) in [5.74, 6) is 1.10. The summed E-state index contributed by atoms with van der Waals surface area (Å²) in [6.45, 7) is 0.836. The minimum absolute atomic E-state index is 0.0194. The second-order valence-electron chi connectivity index (χ2n) is 5.16. The molecule has 0 aromatic heterocycles. The van der Waals surface area contributed by atoms with Crippen LogP contribution in [0.25, 0.3) is 0 Å². The van der Waals surface area contributed by atoms with Crippen LogP contribution >= 0.6 is 31.9 Å². The Morgan fingerprint density at radius 3 is 1.52 bits per heavy atom. The van der Waals surface area contributed by atoms with Crippen molar-refractivity contribution in [3.63, 3.8) is 0 Å². The Bertz CT molecular complexity index is 669. The first-order chi connectivity index (χ1) is 12.2. The van der Waals surface area contributed by atoms with Gasteiger partial charge in [0.25, 0.3) is 0 Å². The number of halogens is 2. The van der Waals surface area contributed by atoms with E-state index in [9.17, 15) is 9.59 Å². The van der Waals surface area contributed by atoms with Crippen molar-refractivity contribution in [1.29, 1.82) is 0 Å². The molecule has 6 heteroatoms. The number of para-hydroxylation sites is 2. The maximum absolute atomic E-state index is 11.9. The summed E-state index contributed by atoms with van der Waals surface area (Å²) >= 11 is 6.35. The molecule has 0 bridgehead atoms. The SMILES string of the molecule is O=C(CBr)c1ccccc1OCCCOc1ccccc1C(=O)CBr. The van der Waals surface area contributed by atoms with Crippen LogP contribution < -0.4 is 9.47 Å². The van der Waals surface area contributed by atoms with E-state index in [-0.39, 0.29) is 22.2 Å². The van der Waals surface area contributed by atoms with Crippen LogP contribution in [-0.2, 0) is 0 Å². The quantitative estimate of drug-likeness (QED) is 0.287. The Labute approximate surface area is 163 Å². The number of ether oxygens (including phenoxy) is 2. The van der Waals surface area contributed by atoms with Crippen LogP contribution in [-0.4, -0.2) is 35.4 Å². The van der Waals surface area contributed by atoms with Gasteiger partial charge in [-0.05, 0) is 24.3 Å². The maximum atomic E-state index is 11.9. The highest BCUT2D eigenvalue weighted by molar-refractivity contribution is 9.09. The highest BCUT2D eigenvalue weighted by Crippen LogP contribution is 2.21.